The number of hydrogen-bond donors (Lipinski definition) is 0. The van der Waals surface area contributed by atoms with Gasteiger partial charge < -0.3 is 4.57 Å². The highest BCUT2D eigenvalue weighted by Gasteiger charge is 2.18. The lowest BCUT2D eigenvalue weighted by atomic mass is 10.1. The number of aryl methyl sites for hydroxylation is 1. The number of nitriles is 1. The van der Waals surface area contributed by atoms with Gasteiger partial charge in [-0.2, -0.15) is 5.26 Å². The topological polar surface area (TPSA) is 45.8 Å². The molecule has 1 aliphatic carbocycles. The molecule has 0 N–H and O–H groups in total. The predicted molar refractivity (Wildman–Crippen MR) is 76.5 cm³/mol. The molecule has 0 aliphatic heterocycles. The van der Waals surface area contributed by atoms with Gasteiger partial charge in [0.1, 0.15) is 5.82 Å². The summed E-state index contributed by atoms with van der Waals surface area (Å²) >= 11 is 0. The lowest BCUT2D eigenvalue weighted by Gasteiger charge is -2.05. The van der Waals surface area contributed by atoms with E-state index in [4.69, 9.17) is 5.26 Å². The normalized spacial score (nSPS) is 14.4. The van der Waals surface area contributed by atoms with E-state index in [9.17, 15) is 9.18 Å². The Hall–Kier alpha value is -2.41. The Morgan fingerprint density at radius 3 is 2.81 bits per heavy atom. The summed E-state index contributed by atoms with van der Waals surface area (Å²) in [7, 11) is 0. The maximum atomic E-state index is 13.9. The summed E-state index contributed by atoms with van der Waals surface area (Å²) in [5.41, 5.74) is 2.68. The third-order valence-electron chi connectivity index (χ3n) is 3.90. The molecule has 1 aliphatic rings. The fourth-order valence-electron chi connectivity index (χ4n) is 2.77. The van der Waals surface area contributed by atoms with Crippen molar-refractivity contribution in [3.05, 3.63) is 58.7 Å². The largest absolute Gasteiger partial charge is 0.349 e. The number of carbonyl (C=O) groups excluding carboxylic acids is 1. The number of Topliss-reactive ketones (excluding diaryl/α,β-unsaturated/α-hetero) is 1. The molecule has 0 saturated carbocycles. The minimum Gasteiger partial charge on any atom is -0.349 e. The Morgan fingerprint density at radius 1 is 1.24 bits per heavy atom. The zero-order chi connectivity index (χ0) is 14.8. The van der Waals surface area contributed by atoms with Crippen LogP contribution >= 0.6 is 0 Å². The van der Waals surface area contributed by atoms with E-state index in [-0.39, 0.29) is 11.6 Å². The second-order valence-electron chi connectivity index (χ2n) is 5.42. The first-order chi connectivity index (χ1) is 10.2. The van der Waals surface area contributed by atoms with Crippen molar-refractivity contribution >= 4 is 5.78 Å². The van der Waals surface area contributed by atoms with Crippen molar-refractivity contribution in [1.29, 1.82) is 5.26 Å². The monoisotopic (exact) mass is 282 g/mol. The molecule has 0 unspecified atom stereocenters. The van der Waals surface area contributed by atoms with Gasteiger partial charge in [0.15, 0.2) is 5.78 Å². The summed E-state index contributed by atoms with van der Waals surface area (Å²) in [6.45, 7) is 0.373. The van der Waals surface area contributed by atoms with Crippen molar-refractivity contribution in [2.75, 3.05) is 0 Å². The molecule has 0 atom stereocenters. The lowest BCUT2D eigenvalue weighted by molar-refractivity contribution is 0.0982. The van der Waals surface area contributed by atoms with Crippen LogP contribution in [0.15, 0.2) is 30.6 Å². The molecule has 3 rings (SSSR count). The van der Waals surface area contributed by atoms with Gasteiger partial charge in [0.2, 0.25) is 0 Å². The molecular formula is C17H15FN2O. The minimum absolute atomic E-state index is 0.182. The van der Waals surface area contributed by atoms with Crippen molar-refractivity contribution in [3.63, 3.8) is 0 Å². The van der Waals surface area contributed by atoms with Gasteiger partial charge in [-0.25, -0.2) is 4.39 Å². The van der Waals surface area contributed by atoms with E-state index in [1.807, 2.05) is 23.0 Å². The third-order valence-corrected chi connectivity index (χ3v) is 3.90. The van der Waals surface area contributed by atoms with E-state index < -0.39 is 0 Å². The van der Waals surface area contributed by atoms with Crippen LogP contribution in [0.4, 0.5) is 4.39 Å². The Bertz CT molecular complexity index is 740. The summed E-state index contributed by atoms with van der Waals surface area (Å²) in [5, 5.41) is 8.75. The van der Waals surface area contributed by atoms with Crippen LogP contribution in [0.2, 0.25) is 0 Å². The highest BCUT2D eigenvalue weighted by molar-refractivity contribution is 5.97. The van der Waals surface area contributed by atoms with Crippen LogP contribution in [0.3, 0.4) is 0 Å². The second kappa shape index (κ2) is 5.53. The fraction of sp³-hybridized carbons (Fsp3) is 0.294. The summed E-state index contributed by atoms with van der Waals surface area (Å²) in [4.78, 5) is 12.0. The molecule has 1 aromatic carbocycles. The fourth-order valence-corrected chi connectivity index (χ4v) is 2.77. The number of benzene rings is 1. The zero-order valence-corrected chi connectivity index (χ0v) is 11.6. The lowest BCUT2D eigenvalue weighted by Crippen LogP contribution is -2.01. The Morgan fingerprint density at radius 2 is 2.05 bits per heavy atom. The zero-order valence-electron chi connectivity index (χ0n) is 11.6. The van der Waals surface area contributed by atoms with Gasteiger partial charge in [-0.1, -0.05) is 6.07 Å². The highest BCUT2D eigenvalue weighted by Crippen LogP contribution is 2.22. The Kier molecular flexibility index (Phi) is 3.57. The van der Waals surface area contributed by atoms with Crippen LogP contribution in [0.25, 0.3) is 0 Å². The molecule has 3 nitrogen and oxygen atoms in total. The third kappa shape index (κ3) is 2.73. The molecule has 106 valence electrons. The van der Waals surface area contributed by atoms with E-state index in [2.05, 4.69) is 0 Å². The number of aromatic nitrogens is 1. The van der Waals surface area contributed by atoms with Crippen molar-refractivity contribution in [3.8, 4) is 6.07 Å². The maximum Gasteiger partial charge on any atom is 0.164 e. The van der Waals surface area contributed by atoms with Gasteiger partial charge >= 0.3 is 0 Å². The number of ketones is 1. The first kappa shape index (κ1) is 13.6. The van der Waals surface area contributed by atoms with Crippen LogP contribution in [0.1, 0.15) is 46.3 Å². The molecule has 0 fully saturated rings. The summed E-state index contributed by atoms with van der Waals surface area (Å²) in [6.07, 6.45) is 7.23. The Labute approximate surface area is 122 Å². The van der Waals surface area contributed by atoms with Crippen LogP contribution in [0, 0.1) is 17.1 Å². The van der Waals surface area contributed by atoms with Gasteiger partial charge in [-0.3, -0.25) is 4.79 Å². The molecule has 0 amide bonds. The first-order valence-corrected chi connectivity index (χ1v) is 7.08. The molecular weight excluding hydrogens is 267 g/mol. The van der Waals surface area contributed by atoms with E-state index in [1.165, 1.54) is 6.07 Å². The van der Waals surface area contributed by atoms with Gasteiger partial charge in [-0.05, 0) is 37.0 Å². The van der Waals surface area contributed by atoms with Crippen molar-refractivity contribution in [2.24, 2.45) is 0 Å². The van der Waals surface area contributed by atoms with Crippen molar-refractivity contribution in [1.82, 2.24) is 4.57 Å². The molecule has 21 heavy (non-hydrogen) atoms. The van der Waals surface area contributed by atoms with Gasteiger partial charge in [-0.15, -0.1) is 0 Å². The number of nitrogens with zero attached hydrogens (tertiary/aromatic N) is 2. The number of fused-ring (bicyclic) bond motifs is 1. The van der Waals surface area contributed by atoms with E-state index in [0.717, 1.165) is 30.4 Å². The molecule has 0 saturated heterocycles. The van der Waals surface area contributed by atoms with Crippen LogP contribution in [-0.2, 0) is 13.0 Å². The molecule has 1 aromatic heterocycles. The average molecular weight is 282 g/mol. The van der Waals surface area contributed by atoms with E-state index in [1.54, 1.807) is 12.1 Å². The van der Waals surface area contributed by atoms with E-state index in [0.29, 0.717) is 24.1 Å². The molecule has 2 aromatic rings. The highest BCUT2D eigenvalue weighted by atomic mass is 19.1. The van der Waals surface area contributed by atoms with Gasteiger partial charge in [0.25, 0.3) is 0 Å². The Balaban J connectivity index is 1.88. The van der Waals surface area contributed by atoms with Crippen LogP contribution in [0.5, 0.6) is 0 Å². The van der Waals surface area contributed by atoms with Crippen molar-refractivity contribution < 1.29 is 9.18 Å². The smallest absolute Gasteiger partial charge is 0.164 e. The predicted octanol–water partition coefficient (Wildman–Crippen LogP) is 3.46. The van der Waals surface area contributed by atoms with Gasteiger partial charge in [0, 0.05) is 36.5 Å². The first-order valence-electron chi connectivity index (χ1n) is 7.08. The minimum atomic E-state index is -0.385. The molecule has 0 spiro atoms. The SMILES string of the molecule is N#Cc1ccc(Cn2cc3c(c2)C(=O)CCCC3)c(F)c1. The maximum absolute atomic E-state index is 13.9. The summed E-state index contributed by atoms with van der Waals surface area (Å²) in [6, 6.07) is 6.40. The molecule has 1 heterocycles. The average Bonchev–Trinajstić information content (AvgIpc) is 2.81. The van der Waals surface area contributed by atoms with Crippen molar-refractivity contribution in [2.45, 2.75) is 32.2 Å². The number of hydrogen-bond acceptors (Lipinski definition) is 2. The van der Waals surface area contributed by atoms with Crippen LogP contribution < -0.4 is 0 Å². The summed E-state index contributed by atoms with van der Waals surface area (Å²) < 4.78 is 15.8. The number of halogens is 1. The second-order valence-corrected chi connectivity index (χ2v) is 5.42. The number of rotatable bonds is 2. The standard InChI is InChI=1S/C17H15FN2O/c18-16-7-12(8-19)5-6-14(16)10-20-9-13-3-1-2-4-17(21)15(13)11-20/h5-7,9,11H,1-4,10H2. The van der Waals surface area contributed by atoms with E-state index >= 15 is 0 Å². The molecule has 0 bridgehead atoms. The quantitative estimate of drug-likeness (QED) is 0.792. The van der Waals surface area contributed by atoms with Crippen LogP contribution in [-0.4, -0.2) is 10.4 Å². The molecule has 0 radical (unpaired) electrons. The summed E-state index contributed by atoms with van der Waals surface area (Å²) in [5.74, 6) is -0.203. The number of carbonyl (C=O) groups is 1. The molecule has 4 heteroatoms. The van der Waals surface area contributed by atoms with Gasteiger partial charge in [0.05, 0.1) is 11.6 Å².